The van der Waals surface area contributed by atoms with Gasteiger partial charge in [-0.05, 0) is 64.9 Å². The van der Waals surface area contributed by atoms with E-state index < -0.39 is 0 Å². The van der Waals surface area contributed by atoms with E-state index >= 15 is 0 Å². The Balaban J connectivity index is 2.24. The molecule has 2 rings (SSSR count). The number of halogens is 2. The number of hydrogen-bond donors (Lipinski definition) is 1. The highest BCUT2D eigenvalue weighted by Crippen LogP contribution is 2.24. The second kappa shape index (κ2) is 7.41. The van der Waals surface area contributed by atoms with Gasteiger partial charge in [-0.3, -0.25) is 0 Å². The molecule has 2 aromatic rings. The first kappa shape index (κ1) is 15.0. The molecule has 1 unspecified atom stereocenters. The lowest BCUT2D eigenvalue weighted by Crippen LogP contribution is -2.23. The molecule has 0 spiro atoms. The average molecular weight is 430 g/mol. The van der Waals surface area contributed by atoms with Gasteiger partial charge < -0.3 is 5.32 Å². The van der Waals surface area contributed by atoms with Gasteiger partial charge in [-0.1, -0.05) is 53.2 Å². The third-order valence-electron chi connectivity index (χ3n) is 3.08. The molecule has 0 heterocycles. The number of benzene rings is 2. The third-order valence-corrected chi connectivity index (χ3v) is 4.53. The molecule has 0 aliphatic rings. The summed E-state index contributed by atoms with van der Waals surface area (Å²) in [5.41, 5.74) is 2.69. The van der Waals surface area contributed by atoms with Gasteiger partial charge in [0.2, 0.25) is 0 Å². The summed E-state index contributed by atoms with van der Waals surface area (Å²) in [7, 11) is 0. The van der Waals surface area contributed by atoms with E-state index in [2.05, 4.69) is 99.3 Å². The van der Waals surface area contributed by atoms with Gasteiger partial charge in [0.05, 0.1) is 0 Å². The van der Waals surface area contributed by atoms with Crippen molar-refractivity contribution in [2.45, 2.75) is 19.4 Å². The first-order chi connectivity index (χ1) is 9.20. The molecule has 0 amide bonds. The summed E-state index contributed by atoms with van der Waals surface area (Å²) in [6.45, 7) is 3.13. The third kappa shape index (κ3) is 4.29. The van der Waals surface area contributed by atoms with Crippen LogP contribution in [0.15, 0.2) is 53.0 Å². The molecule has 0 saturated carbocycles. The highest BCUT2D eigenvalue weighted by Gasteiger charge is 2.12. The molecule has 100 valence electrons. The van der Waals surface area contributed by atoms with Crippen molar-refractivity contribution in [3.05, 3.63) is 67.7 Å². The fourth-order valence-electron chi connectivity index (χ4n) is 2.16. The van der Waals surface area contributed by atoms with E-state index in [0.29, 0.717) is 6.04 Å². The van der Waals surface area contributed by atoms with Crippen molar-refractivity contribution in [1.82, 2.24) is 5.32 Å². The van der Waals surface area contributed by atoms with Crippen LogP contribution in [0.4, 0.5) is 0 Å². The lowest BCUT2D eigenvalue weighted by atomic mass is 9.99. The predicted octanol–water partition coefficient (Wildman–Crippen LogP) is 4.95. The van der Waals surface area contributed by atoms with E-state index in [1.54, 1.807) is 0 Å². The quantitative estimate of drug-likeness (QED) is 0.663. The number of rotatable bonds is 5. The first-order valence-corrected chi connectivity index (χ1v) is 8.30. The van der Waals surface area contributed by atoms with Gasteiger partial charge in [-0.15, -0.1) is 0 Å². The molecule has 1 nitrogen and oxygen atoms in total. The van der Waals surface area contributed by atoms with E-state index in [-0.39, 0.29) is 0 Å². The van der Waals surface area contributed by atoms with Crippen molar-refractivity contribution in [3.63, 3.8) is 0 Å². The second-order valence-corrected chi connectivity index (χ2v) is 6.56. The van der Waals surface area contributed by atoms with E-state index in [0.717, 1.165) is 13.0 Å². The van der Waals surface area contributed by atoms with Crippen molar-refractivity contribution in [3.8, 4) is 0 Å². The van der Waals surface area contributed by atoms with Gasteiger partial charge in [-0.2, -0.15) is 0 Å². The van der Waals surface area contributed by atoms with Crippen LogP contribution in [-0.4, -0.2) is 6.54 Å². The van der Waals surface area contributed by atoms with Crippen molar-refractivity contribution >= 4 is 38.5 Å². The predicted molar refractivity (Wildman–Crippen MR) is 93.4 cm³/mol. The zero-order valence-corrected chi connectivity index (χ0v) is 14.6. The Hall–Kier alpha value is -0.390. The molecule has 0 saturated heterocycles. The highest BCUT2D eigenvalue weighted by molar-refractivity contribution is 14.1. The van der Waals surface area contributed by atoms with E-state index in [4.69, 9.17) is 0 Å². The minimum Gasteiger partial charge on any atom is -0.310 e. The maximum Gasteiger partial charge on any atom is 0.0361 e. The van der Waals surface area contributed by atoms with Crippen LogP contribution in [0.5, 0.6) is 0 Å². The van der Waals surface area contributed by atoms with Crippen LogP contribution >= 0.6 is 38.5 Å². The van der Waals surface area contributed by atoms with Crippen molar-refractivity contribution in [2.24, 2.45) is 0 Å². The fraction of sp³-hybridized carbons (Fsp3) is 0.250. The molecule has 2 aromatic carbocycles. The van der Waals surface area contributed by atoms with Crippen LogP contribution in [0, 0.1) is 3.57 Å². The summed E-state index contributed by atoms with van der Waals surface area (Å²) in [6.07, 6.45) is 0.995. The van der Waals surface area contributed by atoms with Crippen LogP contribution < -0.4 is 5.32 Å². The second-order valence-electron chi connectivity index (χ2n) is 4.46. The Kier molecular flexibility index (Phi) is 5.85. The molecule has 0 fully saturated rings. The lowest BCUT2D eigenvalue weighted by molar-refractivity contribution is 0.549. The summed E-state index contributed by atoms with van der Waals surface area (Å²) in [6, 6.07) is 17.5. The van der Waals surface area contributed by atoms with Gasteiger partial charge in [0.1, 0.15) is 0 Å². The fourth-order valence-corrected chi connectivity index (χ4v) is 3.18. The van der Waals surface area contributed by atoms with Crippen molar-refractivity contribution in [2.75, 3.05) is 6.54 Å². The summed E-state index contributed by atoms with van der Waals surface area (Å²) in [5.74, 6) is 0. The zero-order valence-electron chi connectivity index (χ0n) is 10.9. The summed E-state index contributed by atoms with van der Waals surface area (Å²) in [5, 5.41) is 3.58. The lowest BCUT2D eigenvalue weighted by Gasteiger charge is -2.19. The van der Waals surface area contributed by atoms with Gasteiger partial charge in [-0.25, -0.2) is 0 Å². The Morgan fingerprint density at radius 2 is 1.95 bits per heavy atom. The van der Waals surface area contributed by atoms with Crippen LogP contribution in [0.25, 0.3) is 0 Å². The monoisotopic (exact) mass is 429 g/mol. The molecule has 1 N–H and O–H groups in total. The molecular weight excluding hydrogens is 413 g/mol. The van der Waals surface area contributed by atoms with E-state index in [1.165, 1.54) is 19.2 Å². The molecule has 0 radical (unpaired) electrons. The largest absolute Gasteiger partial charge is 0.310 e. The number of nitrogens with one attached hydrogen (secondary N) is 1. The smallest absolute Gasteiger partial charge is 0.0361 e. The van der Waals surface area contributed by atoms with Crippen LogP contribution in [0.1, 0.15) is 24.1 Å². The molecule has 0 aromatic heterocycles. The average Bonchev–Trinajstić information content (AvgIpc) is 2.40. The van der Waals surface area contributed by atoms with Crippen LogP contribution in [0.2, 0.25) is 0 Å². The van der Waals surface area contributed by atoms with Crippen molar-refractivity contribution in [1.29, 1.82) is 0 Å². The molecule has 3 heteroatoms. The topological polar surface area (TPSA) is 12.0 Å². The Morgan fingerprint density at radius 3 is 2.63 bits per heavy atom. The highest BCUT2D eigenvalue weighted by atomic mass is 127. The molecule has 19 heavy (non-hydrogen) atoms. The first-order valence-electron chi connectivity index (χ1n) is 6.43. The number of likely N-dealkylation sites (N-methyl/N-ethyl adjacent to an activating group) is 1. The molecule has 1 atom stereocenters. The molecule has 0 bridgehead atoms. The maximum atomic E-state index is 3.63. The van der Waals surface area contributed by atoms with Crippen LogP contribution in [0.3, 0.4) is 0 Å². The summed E-state index contributed by atoms with van der Waals surface area (Å²) in [4.78, 5) is 0. The maximum absolute atomic E-state index is 3.63. The van der Waals surface area contributed by atoms with Gasteiger partial charge in [0, 0.05) is 14.1 Å². The molecule has 0 aliphatic carbocycles. The zero-order chi connectivity index (χ0) is 13.7. The standard InChI is InChI=1S/C16H17BrIN/c1-2-19-16(13-7-5-8-14(18)10-13)11-12-6-3-4-9-15(12)17/h3-10,16,19H,2,11H2,1H3. The minimum absolute atomic E-state index is 0.360. The van der Waals surface area contributed by atoms with Gasteiger partial charge in [0.25, 0.3) is 0 Å². The van der Waals surface area contributed by atoms with E-state index in [9.17, 15) is 0 Å². The number of hydrogen-bond acceptors (Lipinski definition) is 1. The van der Waals surface area contributed by atoms with Gasteiger partial charge >= 0.3 is 0 Å². The molecule has 0 aliphatic heterocycles. The van der Waals surface area contributed by atoms with Crippen LogP contribution in [-0.2, 0) is 6.42 Å². The summed E-state index contributed by atoms with van der Waals surface area (Å²) < 4.78 is 2.47. The van der Waals surface area contributed by atoms with E-state index in [1.807, 2.05) is 0 Å². The minimum atomic E-state index is 0.360. The Labute approximate surface area is 137 Å². The Morgan fingerprint density at radius 1 is 1.16 bits per heavy atom. The van der Waals surface area contributed by atoms with Gasteiger partial charge in [0.15, 0.2) is 0 Å². The Bertz CT molecular complexity index is 542. The normalized spacial score (nSPS) is 12.4. The SMILES string of the molecule is CCNC(Cc1ccccc1Br)c1cccc(I)c1. The van der Waals surface area contributed by atoms with Crippen molar-refractivity contribution < 1.29 is 0 Å². The molecular formula is C16H17BrIN. The summed E-state index contributed by atoms with van der Waals surface area (Å²) >= 11 is 6.00.